The Morgan fingerprint density at radius 1 is 1.47 bits per heavy atom. The molecule has 2 aromatic heterocycles. The van der Waals surface area contributed by atoms with E-state index in [0.29, 0.717) is 5.92 Å². The summed E-state index contributed by atoms with van der Waals surface area (Å²) < 4.78 is 1.90. The number of fused-ring (bicyclic) bond motifs is 1. The van der Waals surface area contributed by atoms with Gasteiger partial charge in [-0.25, -0.2) is 4.98 Å². The quantitative estimate of drug-likeness (QED) is 0.824. The van der Waals surface area contributed by atoms with Gasteiger partial charge in [-0.2, -0.15) is 0 Å². The van der Waals surface area contributed by atoms with Gasteiger partial charge >= 0.3 is 0 Å². The lowest BCUT2D eigenvalue weighted by atomic mass is 10.1. The Kier molecular flexibility index (Phi) is 2.64. The van der Waals surface area contributed by atoms with Gasteiger partial charge in [0.2, 0.25) is 5.65 Å². The van der Waals surface area contributed by atoms with Crippen molar-refractivity contribution in [2.24, 2.45) is 11.7 Å². The van der Waals surface area contributed by atoms with Crippen LogP contribution in [0.1, 0.15) is 12.8 Å². The predicted molar refractivity (Wildman–Crippen MR) is 64.8 cm³/mol. The first-order valence-corrected chi connectivity index (χ1v) is 5.98. The van der Waals surface area contributed by atoms with Crippen LogP contribution in [0.4, 0.5) is 5.82 Å². The van der Waals surface area contributed by atoms with Crippen LogP contribution in [0.25, 0.3) is 5.65 Å². The lowest BCUT2D eigenvalue weighted by Crippen LogP contribution is -2.22. The minimum atomic E-state index is 0.685. The van der Waals surface area contributed by atoms with Crippen molar-refractivity contribution in [2.45, 2.75) is 12.8 Å². The van der Waals surface area contributed by atoms with Gasteiger partial charge in [0, 0.05) is 25.5 Å². The molecular formula is C11H16N6. The van der Waals surface area contributed by atoms with Crippen LogP contribution in [-0.2, 0) is 0 Å². The molecule has 2 aromatic rings. The second-order valence-electron chi connectivity index (χ2n) is 4.49. The number of nitrogens with zero attached hydrogens (tertiary/aromatic N) is 5. The molecule has 1 saturated heterocycles. The van der Waals surface area contributed by atoms with Crippen LogP contribution < -0.4 is 10.6 Å². The maximum atomic E-state index is 5.61. The normalized spacial score (nSPS) is 20.3. The van der Waals surface area contributed by atoms with Crippen LogP contribution in [0.15, 0.2) is 18.7 Å². The minimum Gasteiger partial charge on any atom is -0.353 e. The molecule has 1 aliphatic heterocycles. The van der Waals surface area contributed by atoms with Crippen molar-refractivity contribution in [3.05, 3.63) is 18.7 Å². The smallest absolute Gasteiger partial charge is 0.203 e. The fourth-order valence-corrected chi connectivity index (χ4v) is 2.46. The third-order valence-electron chi connectivity index (χ3n) is 3.36. The van der Waals surface area contributed by atoms with Gasteiger partial charge in [0.15, 0.2) is 5.82 Å². The fraction of sp³-hybridized carbons (Fsp3) is 0.545. The van der Waals surface area contributed by atoms with Crippen molar-refractivity contribution in [3.8, 4) is 0 Å². The highest BCUT2D eigenvalue weighted by molar-refractivity contribution is 5.63. The molecule has 0 bridgehead atoms. The molecule has 1 unspecified atom stereocenters. The average molecular weight is 232 g/mol. The zero-order chi connectivity index (χ0) is 11.7. The van der Waals surface area contributed by atoms with Crippen LogP contribution in [0.3, 0.4) is 0 Å². The van der Waals surface area contributed by atoms with E-state index in [4.69, 9.17) is 5.73 Å². The molecule has 0 aliphatic carbocycles. The lowest BCUT2D eigenvalue weighted by molar-refractivity contribution is 0.546. The monoisotopic (exact) mass is 232 g/mol. The SMILES string of the molecule is NCCC1CCN(c2nccn3cnnc23)C1. The van der Waals surface area contributed by atoms with Gasteiger partial charge in [0.1, 0.15) is 6.33 Å². The fourth-order valence-electron chi connectivity index (χ4n) is 2.46. The Balaban J connectivity index is 1.87. The van der Waals surface area contributed by atoms with E-state index in [9.17, 15) is 0 Å². The molecule has 2 N–H and O–H groups in total. The van der Waals surface area contributed by atoms with Crippen molar-refractivity contribution in [1.29, 1.82) is 0 Å². The van der Waals surface area contributed by atoms with Crippen molar-refractivity contribution in [1.82, 2.24) is 19.6 Å². The van der Waals surface area contributed by atoms with Crippen LogP contribution in [-0.4, -0.2) is 39.2 Å². The van der Waals surface area contributed by atoms with Crippen molar-refractivity contribution < 1.29 is 0 Å². The molecule has 0 saturated carbocycles. The van der Waals surface area contributed by atoms with Crippen molar-refractivity contribution in [2.75, 3.05) is 24.5 Å². The van der Waals surface area contributed by atoms with E-state index in [1.54, 1.807) is 12.5 Å². The maximum absolute atomic E-state index is 5.61. The van der Waals surface area contributed by atoms with Gasteiger partial charge in [-0.3, -0.25) is 4.40 Å². The molecule has 0 aromatic carbocycles. The highest BCUT2D eigenvalue weighted by atomic mass is 15.3. The molecule has 6 nitrogen and oxygen atoms in total. The predicted octanol–water partition coefficient (Wildman–Crippen LogP) is 0.299. The lowest BCUT2D eigenvalue weighted by Gasteiger charge is -2.17. The van der Waals surface area contributed by atoms with Gasteiger partial charge in [0.25, 0.3) is 0 Å². The van der Waals surface area contributed by atoms with Crippen molar-refractivity contribution >= 4 is 11.5 Å². The molecule has 6 heteroatoms. The van der Waals surface area contributed by atoms with E-state index in [1.165, 1.54) is 6.42 Å². The first-order valence-electron chi connectivity index (χ1n) is 5.98. The standard InChI is InChI=1S/C11H16N6/c12-3-1-9-2-5-16(7-9)10-11-15-14-8-17(11)6-4-13-10/h4,6,8-9H,1-3,5,7,12H2. The van der Waals surface area contributed by atoms with Gasteiger partial charge in [-0.1, -0.05) is 0 Å². The molecule has 3 rings (SSSR count). The maximum Gasteiger partial charge on any atom is 0.203 e. The Morgan fingerprint density at radius 2 is 2.41 bits per heavy atom. The second kappa shape index (κ2) is 4.29. The highest BCUT2D eigenvalue weighted by Gasteiger charge is 2.24. The number of hydrogen-bond donors (Lipinski definition) is 1. The minimum absolute atomic E-state index is 0.685. The Labute approximate surface area is 99.5 Å². The molecule has 1 aliphatic rings. The molecule has 1 fully saturated rings. The summed E-state index contributed by atoms with van der Waals surface area (Å²) in [6, 6.07) is 0. The molecule has 0 spiro atoms. The molecule has 17 heavy (non-hydrogen) atoms. The van der Waals surface area contributed by atoms with E-state index in [2.05, 4.69) is 20.1 Å². The zero-order valence-corrected chi connectivity index (χ0v) is 9.66. The van der Waals surface area contributed by atoms with Crippen LogP contribution in [0.5, 0.6) is 0 Å². The van der Waals surface area contributed by atoms with Gasteiger partial charge in [0.05, 0.1) is 0 Å². The van der Waals surface area contributed by atoms with Gasteiger partial charge in [-0.15, -0.1) is 10.2 Å². The van der Waals surface area contributed by atoms with Gasteiger partial charge < -0.3 is 10.6 Å². The molecular weight excluding hydrogens is 216 g/mol. The summed E-state index contributed by atoms with van der Waals surface area (Å²) >= 11 is 0. The second-order valence-corrected chi connectivity index (χ2v) is 4.49. The first kappa shape index (κ1) is 10.5. The molecule has 1 atom stereocenters. The van der Waals surface area contributed by atoms with Crippen LogP contribution >= 0.6 is 0 Å². The third kappa shape index (κ3) is 1.84. The van der Waals surface area contributed by atoms with Crippen molar-refractivity contribution in [3.63, 3.8) is 0 Å². The van der Waals surface area contributed by atoms with Crippen LogP contribution in [0.2, 0.25) is 0 Å². The average Bonchev–Trinajstić information content (AvgIpc) is 2.96. The van der Waals surface area contributed by atoms with E-state index in [-0.39, 0.29) is 0 Å². The summed E-state index contributed by atoms with van der Waals surface area (Å²) in [4.78, 5) is 6.71. The topological polar surface area (TPSA) is 72.3 Å². The van der Waals surface area contributed by atoms with E-state index in [0.717, 1.165) is 37.5 Å². The molecule has 90 valence electrons. The number of aromatic nitrogens is 4. The largest absolute Gasteiger partial charge is 0.353 e. The summed E-state index contributed by atoms with van der Waals surface area (Å²) in [7, 11) is 0. The molecule has 3 heterocycles. The van der Waals surface area contributed by atoms with Gasteiger partial charge in [-0.05, 0) is 25.3 Å². The Hall–Kier alpha value is -1.69. The number of anilines is 1. The highest BCUT2D eigenvalue weighted by Crippen LogP contribution is 2.25. The summed E-state index contributed by atoms with van der Waals surface area (Å²) in [6.45, 7) is 2.82. The third-order valence-corrected chi connectivity index (χ3v) is 3.36. The van der Waals surface area contributed by atoms with E-state index >= 15 is 0 Å². The molecule has 0 amide bonds. The van der Waals surface area contributed by atoms with E-state index in [1.807, 2.05) is 10.6 Å². The zero-order valence-electron chi connectivity index (χ0n) is 9.66. The summed E-state index contributed by atoms with van der Waals surface area (Å²) in [5, 5.41) is 8.03. The molecule has 0 radical (unpaired) electrons. The Bertz CT molecular complexity index is 507. The number of rotatable bonds is 3. The van der Waals surface area contributed by atoms with Crippen LogP contribution in [0, 0.1) is 5.92 Å². The van der Waals surface area contributed by atoms with E-state index < -0.39 is 0 Å². The number of hydrogen-bond acceptors (Lipinski definition) is 5. The summed E-state index contributed by atoms with van der Waals surface area (Å²) in [5.74, 6) is 1.62. The summed E-state index contributed by atoms with van der Waals surface area (Å²) in [5.41, 5.74) is 6.44. The first-order chi connectivity index (χ1) is 8.38. The number of nitrogens with two attached hydrogens (primary N) is 1. The summed E-state index contributed by atoms with van der Waals surface area (Å²) in [6.07, 6.45) is 7.64. The Morgan fingerprint density at radius 3 is 3.29 bits per heavy atom.